The Labute approximate surface area is 167 Å². The van der Waals surface area contributed by atoms with Crippen LogP contribution in [-0.4, -0.2) is 29.6 Å². The standard InChI is InChI=1S/C24H28N2O2/c1-20(27)28-24(2,18-21-10-4-3-5-11-21)14-9-17-26-16-7-6-13-23(26)22-12-8-15-25-19-22/h3-5,8,10-12,15,19,23H,6-7,13,16-18H2,1-2H3/p+1/t23-,24-/m1/s1. The molecular weight excluding hydrogens is 348 g/mol. The van der Waals surface area contributed by atoms with Crippen molar-refractivity contribution in [3.63, 3.8) is 0 Å². The molecule has 1 saturated heterocycles. The van der Waals surface area contributed by atoms with Crippen LogP contribution in [0.3, 0.4) is 0 Å². The van der Waals surface area contributed by atoms with Crippen LogP contribution >= 0.6 is 0 Å². The van der Waals surface area contributed by atoms with E-state index in [1.165, 1.54) is 30.2 Å². The van der Waals surface area contributed by atoms with Crippen LogP contribution in [0, 0.1) is 11.8 Å². The number of hydrogen-bond donors (Lipinski definition) is 1. The molecule has 1 aliphatic heterocycles. The minimum absolute atomic E-state index is 0.300. The second-order valence-electron chi connectivity index (χ2n) is 7.71. The number of nitrogens with zero attached hydrogens (tertiary/aromatic N) is 1. The van der Waals surface area contributed by atoms with E-state index < -0.39 is 5.60 Å². The summed E-state index contributed by atoms with van der Waals surface area (Å²) in [6.45, 7) is 5.19. The Morgan fingerprint density at radius 2 is 2.07 bits per heavy atom. The maximum Gasteiger partial charge on any atom is 0.304 e. The van der Waals surface area contributed by atoms with Gasteiger partial charge in [-0.2, -0.15) is 0 Å². The molecular formula is C24H29N2O2+. The zero-order chi connectivity index (χ0) is 19.8. The summed E-state index contributed by atoms with van der Waals surface area (Å²) in [6, 6.07) is 14.7. The van der Waals surface area contributed by atoms with Gasteiger partial charge in [0.15, 0.2) is 5.60 Å². The maximum absolute atomic E-state index is 11.6. The molecule has 1 aromatic heterocycles. The number of esters is 1. The second-order valence-corrected chi connectivity index (χ2v) is 7.71. The highest BCUT2D eigenvalue weighted by molar-refractivity contribution is 5.67. The minimum atomic E-state index is -0.813. The summed E-state index contributed by atoms with van der Waals surface area (Å²) in [5.41, 5.74) is 1.58. The van der Waals surface area contributed by atoms with Gasteiger partial charge in [0, 0.05) is 37.7 Å². The van der Waals surface area contributed by atoms with E-state index >= 15 is 0 Å². The zero-order valence-corrected chi connectivity index (χ0v) is 16.8. The number of pyridine rings is 1. The lowest BCUT2D eigenvalue weighted by Crippen LogP contribution is -3.13. The van der Waals surface area contributed by atoms with Crippen LogP contribution in [0.15, 0.2) is 54.9 Å². The monoisotopic (exact) mass is 377 g/mol. The van der Waals surface area contributed by atoms with Crippen molar-refractivity contribution >= 4 is 5.97 Å². The van der Waals surface area contributed by atoms with Gasteiger partial charge in [0.05, 0.1) is 6.54 Å². The number of carbonyl (C=O) groups is 1. The molecule has 28 heavy (non-hydrogen) atoms. The van der Waals surface area contributed by atoms with Gasteiger partial charge in [-0.25, -0.2) is 0 Å². The summed E-state index contributed by atoms with van der Waals surface area (Å²) in [5, 5.41) is 0. The fourth-order valence-corrected chi connectivity index (χ4v) is 4.03. The van der Waals surface area contributed by atoms with Crippen LogP contribution in [0.25, 0.3) is 0 Å². The molecule has 3 rings (SSSR count). The van der Waals surface area contributed by atoms with Crippen molar-refractivity contribution in [2.24, 2.45) is 0 Å². The van der Waals surface area contributed by atoms with Gasteiger partial charge in [-0.15, -0.1) is 0 Å². The number of benzene rings is 1. The molecule has 1 aromatic carbocycles. The van der Waals surface area contributed by atoms with Crippen molar-refractivity contribution in [2.45, 2.75) is 51.2 Å². The molecule has 1 N–H and O–H groups in total. The van der Waals surface area contributed by atoms with Gasteiger partial charge >= 0.3 is 5.97 Å². The summed E-state index contributed by atoms with van der Waals surface area (Å²) in [6.07, 6.45) is 8.01. The van der Waals surface area contributed by atoms with E-state index in [-0.39, 0.29) is 5.97 Å². The van der Waals surface area contributed by atoms with Crippen molar-refractivity contribution in [1.82, 2.24) is 4.98 Å². The molecule has 4 heteroatoms. The molecule has 1 fully saturated rings. The Hall–Kier alpha value is -2.64. The first-order chi connectivity index (χ1) is 13.6. The number of carbonyl (C=O) groups excluding carboxylic acids is 1. The molecule has 2 heterocycles. The molecule has 0 spiro atoms. The van der Waals surface area contributed by atoms with Gasteiger partial charge in [0.2, 0.25) is 0 Å². The molecule has 146 valence electrons. The third-order valence-corrected chi connectivity index (χ3v) is 5.24. The molecule has 0 amide bonds. The number of quaternary nitrogens is 1. The molecule has 0 aliphatic carbocycles. The lowest BCUT2D eigenvalue weighted by Gasteiger charge is -2.31. The number of rotatable bonds is 5. The molecule has 1 unspecified atom stereocenters. The summed E-state index contributed by atoms with van der Waals surface area (Å²) in [5.74, 6) is 6.30. The number of piperidine rings is 1. The molecule has 1 aliphatic rings. The normalized spacial score (nSPS) is 21.1. The van der Waals surface area contributed by atoms with Crippen LogP contribution in [-0.2, 0) is 16.0 Å². The SMILES string of the molecule is CC(=O)O[C@](C)(C#CC[NH+]1CCCC[C@@H]1c1cccnc1)Cc1ccccc1. The van der Waals surface area contributed by atoms with Gasteiger partial charge in [-0.1, -0.05) is 36.4 Å². The lowest BCUT2D eigenvalue weighted by atomic mass is 9.95. The number of ether oxygens (including phenoxy) is 1. The van der Waals surface area contributed by atoms with Crippen molar-refractivity contribution in [3.05, 3.63) is 66.0 Å². The number of likely N-dealkylation sites (tertiary alicyclic amines) is 1. The largest absolute Gasteiger partial charge is 0.446 e. The highest BCUT2D eigenvalue weighted by Crippen LogP contribution is 2.19. The van der Waals surface area contributed by atoms with E-state index in [1.54, 1.807) is 0 Å². The van der Waals surface area contributed by atoms with Gasteiger partial charge < -0.3 is 9.64 Å². The predicted octanol–water partition coefficient (Wildman–Crippen LogP) is 2.76. The highest BCUT2D eigenvalue weighted by atomic mass is 16.6. The second kappa shape index (κ2) is 9.52. The first kappa shape index (κ1) is 20.1. The lowest BCUT2D eigenvalue weighted by molar-refractivity contribution is -0.930. The Balaban J connectivity index is 1.73. The van der Waals surface area contributed by atoms with E-state index in [1.807, 2.05) is 55.7 Å². The summed E-state index contributed by atoms with van der Waals surface area (Å²) >= 11 is 0. The van der Waals surface area contributed by atoms with Crippen LogP contribution in [0.2, 0.25) is 0 Å². The smallest absolute Gasteiger partial charge is 0.304 e. The molecule has 2 aromatic rings. The van der Waals surface area contributed by atoms with E-state index in [9.17, 15) is 4.79 Å². The molecule has 0 saturated carbocycles. The van der Waals surface area contributed by atoms with Gasteiger partial charge in [-0.3, -0.25) is 9.78 Å². The average molecular weight is 378 g/mol. The first-order valence-corrected chi connectivity index (χ1v) is 10.0. The Kier molecular flexibility index (Phi) is 6.84. The fourth-order valence-electron chi connectivity index (χ4n) is 4.03. The fraction of sp³-hybridized carbons (Fsp3) is 0.417. The topological polar surface area (TPSA) is 43.6 Å². The Morgan fingerprint density at radius 1 is 1.25 bits per heavy atom. The van der Waals surface area contributed by atoms with Gasteiger partial charge in [-0.05, 0) is 43.2 Å². The van der Waals surface area contributed by atoms with Crippen molar-refractivity contribution < 1.29 is 14.4 Å². The summed E-state index contributed by atoms with van der Waals surface area (Å²) in [7, 11) is 0. The number of aromatic nitrogens is 1. The van der Waals surface area contributed by atoms with E-state index in [0.29, 0.717) is 12.5 Å². The van der Waals surface area contributed by atoms with Gasteiger partial charge in [0.25, 0.3) is 0 Å². The predicted molar refractivity (Wildman–Crippen MR) is 110 cm³/mol. The molecule has 0 radical (unpaired) electrons. The van der Waals surface area contributed by atoms with Crippen LogP contribution in [0.4, 0.5) is 0 Å². The van der Waals surface area contributed by atoms with E-state index in [2.05, 4.69) is 22.9 Å². The number of hydrogen-bond acceptors (Lipinski definition) is 3. The van der Waals surface area contributed by atoms with Crippen LogP contribution < -0.4 is 4.90 Å². The summed E-state index contributed by atoms with van der Waals surface area (Å²) < 4.78 is 5.61. The van der Waals surface area contributed by atoms with Crippen LogP contribution in [0.5, 0.6) is 0 Å². The first-order valence-electron chi connectivity index (χ1n) is 10.0. The third kappa shape index (κ3) is 5.68. The maximum atomic E-state index is 11.6. The van der Waals surface area contributed by atoms with Crippen molar-refractivity contribution in [2.75, 3.05) is 13.1 Å². The average Bonchev–Trinajstić information content (AvgIpc) is 2.69. The quantitative estimate of drug-likeness (QED) is 0.644. The van der Waals surface area contributed by atoms with E-state index in [4.69, 9.17) is 4.74 Å². The third-order valence-electron chi connectivity index (χ3n) is 5.24. The van der Waals surface area contributed by atoms with Crippen LogP contribution in [0.1, 0.15) is 50.3 Å². The van der Waals surface area contributed by atoms with Gasteiger partial charge in [0.1, 0.15) is 12.6 Å². The van der Waals surface area contributed by atoms with E-state index in [0.717, 1.165) is 25.1 Å². The Morgan fingerprint density at radius 3 is 2.79 bits per heavy atom. The summed E-state index contributed by atoms with van der Waals surface area (Å²) in [4.78, 5) is 17.4. The Bertz CT molecular complexity index is 826. The highest BCUT2D eigenvalue weighted by Gasteiger charge is 2.28. The minimum Gasteiger partial charge on any atom is -0.446 e. The van der Waals surface area contributed by atoms with Crippen molar-refractivity contribution in [3.8, 4) is 11.8 Å². The molecule has 3 atom stereocenters. The zero-order valence-electron chi connectivity index (χ0n) is 16.8. The van der Waals surface area contributed by atoms with Crippen molar-refractivity contribution in [1.29, 1.82) is 0 Å². The molecule has 0 bridgehead atoms. The number of nitrogens with one attached hydrogen (secondary N) is 1. The molecule has 4 nitrogen and oxygen atoms in total.